The predicted octanol–water partition coefficient (Wildman–Crippen LogP) is 2.50. The molecular weight excluding hydrogens is 359 g/mol. The van der Waals surface area contributed by atoms with Crippen LogP contribution >= 0.6 is 11.6 Å². The molecule has 7 heteroatoms. The molecule has 5 nitrogen and oxygen atoms in total. The summed E-state index contributed by atoms with van der Waals surface area (Å²) < 4.78 is 18.5. The van der Waals surface area contributed by atoms with Crippen LogP contribution in [0.15, 0.2) is 18.2 Å². The topological polar surface area (TPSA) is 93.2 Å². The first-order valence-electron chi connectivity index (χ1n) is 8.65. The Bertz CT molecular complexity index is 793. The molecule has 0 bridgehead atoms. The average Bonchev–Trinajstić information content (AvgIpc) is 3.24. The summed E-state index contributed by atoms with van der Waals surface area (Å²) in [5.41, 5.74) is 5.03. The number of nitrogens with zero attached hydrogens (tertiary/aromatic N) is 1. The van der Waals surface area contributed by atoms with E-state index in [-0.39, 0.29) is 47.7 Å². The van der Waals surface area contributed by atoms with Gasteiger partial charge >= 0.3 is 5.97 Å². The smallest absolute Gasteiger partial charge is 0.309 e. The van der Waals surface area contributed by atoms with Gasteiger partial charge in [-0.25, -0.2) is 4.39 Å². The number of fused-ring (bicyclic) bond motifs is 1. The van der Waals surface area contributed by atoms with Crippen LogP contribution in [0.4, 0.5) is 4.39 Å². The summed E-state index contributed by atoms with van der Waals surface area (Å²) in [6, 6.07) is 6.58. The van der Waals surface area contributed by atoms with Crippen LogP contribution in [-0.2, 0) is 20.7 Å². The zero-order valence-corrected chi connectivity index (χ0v) is 15.1. The van der Waals surface area contributed by atoms with E-state index in [2.05, 4.69) is 6.07 Å². The van der Waals surface area contributed by atoms with Gasteiger partial charge in [0, 0.05) is 5.92 Å². The number of nitrogens with two attached hydrogens (primary N) is 1. The standard InChI is InChI=1S/C19H20ClFN2O3/c1-2-26-18(25)16-12-7-11(5-10-3-4-14(21)13(20)6-10)19(9-23,17(12)16)15(24)8-22/h3-4,6,11-12,16-17H,2,5,7-8,22H2,1H3/t11-,12+,16+,17+,19+/m1/s1. The molecule has 0 unspecified atom stereocenters. The minimum absolute atomic E-state index is 0.00256. The quantitative estimate of drug-likeness (QED) is 0.767. The number of halogens is 2. The third kappa shape index (κ3) is 2.80. The minimum atomic E-state index is -1.31. The zero-order chi connectivity index (χ0) is 19.1. The van der Waals surface area contributed by atoms with Crippen molar-refractivity contribution < 1.29 is 18.7 Å². The van der Waals surface area contributed by atoms with Gasteiger partial charge in [-0.15, -0.1) is 0 Å². The van der Waals surface area contributed by atoms with Gasteiger partial charge in [0.1, 0.15) is 11.2 Å². The number of esters is 1. The van der Waals surface area contributed by atoms with E-state index >= 15 is 0 Å². The van der Waals surface area contributed by atoms with Gasteiger partial charge in [-0.1, -0.05) is 17.7 Å². The summed E-state index contributed by atoms with van der Waals surface area (Å²) in [6.45, 7) is 1.73. The van der Waals surface area contributed by atoms with Crippen molar-refractivity contribution in [3.63, 3.8) is 0 Å². The van der Waals surface area contributed by atoms with Crippen molar-refractivity contribution in [1.82, 2.24) is 0 Å². The number of hydrogen-bond acceptors (Lipinski definition) is 5. The van der Waals surface area contributed by atoms with Crippen LogP contribution in [-0.4, -0.2) is 24.9 Å². The average molecular weight is 379 g/mol. The molecule has 0 heterocycles. The number of hydrogen-bond donors (Lipinski definition) is 1. The van der Waals surface area contributed by atoms with E-state index in [0.717, 1.165) is 5.56 Å². The molecule has 2 saturated carbocycles. The maximum atomic E-state index is 13.4. The molecule has 1 aromatic rings. The number of carbonyl (C=O) groups is 2. The fourth-order valence-electron chi connectivity index (χ4n) is 4.64. The normalized spacial score (nSPS) is 31.8. The molecule has 0 saturated heterocycles. The molecule has 138 valence electrons. The lowest BCUT2D eigenvalue weighted by Crippen LogP contribution is -2.43. The molecule has 5 atom stereocenters. The highest BCUT2D eigenvalue weighted by Gasteiger charge is 2.74. The van der Waals surface area contributed by atoms with E-state index in [9.17, 15) is 19.2 Å². The molecule has 0 aromatic heterocycles. The van der Waals surface area contributed by atoms with Gasteiger partial charge in [0.05, 0.1) is 30.2 Å². The van der Waals surface area contributed by atoms with E-state index in [0.29, 0.717) is 12.8 Å². The molecule has 26 heavy (non-hydrogen) atoms. The number of ether oxygens (including phenoxy) is 1. The molecule has 0 radical (unpaired) electrons. The number of ketones is 1. The molecule has 2 aliphatic carbocycles. The third-order valence-corrected chi connectivity index (χ3v) is 6.04. The Morgan fingerprint density at radius 3 is 2.81 bits per heavy atom. The van der Waals surface area contributed by atoms with Crippen molar-refractivity contribution in [3.8, 4) is 6.07 Å². The van der Waals surface area contributed by atoms with Crippen molar-refractivity contribution in [2.45, 2.75) is 19.8 Å². The first-order valence-corrected chi connectivity index (χ1v) is 9.03. The maximum Gasteiger partial charge on any atom is 0.309 e. The molecule has 2 N–H and O–H groups in total. The molecule has 0 aliphatic heterocycles. The monoisotopic (exact) mass is 378 g/mol. The Hall–Kier alpha value is -1.97. The van der Waals surface area contributed by atoms with E-state index < -0.39 is 17.2 Å². The van der Waals surface area contributed by atoms with Gasteiger partial charge in [0.2, 0.25) is 0 Å². The largest absolute Gasteiger partial charge is 0.466 e. The summed E-state index contributed by atoms with van der Waals surface area (Å²) >= 11 is 5.84. The van der Waals surface area contributed by atoms with Gasteiger partial charge in [-0.3, -0.25) is 9.59 Å². The summed E-state index contributed by atoms with van der Waals surface area (Å²) in [6.07, 6.45) is 0.963. The number of benzene rings is 1. The van der Waals surface area contributed by atoms with Crippen LogP contribution in [0.25, 0.3) is 0 Å². The van der Waals surface area contributed by atoms with Gasteiger partial charge in [0.25, 0.3) is 0 Å². The fourth-order valence-corrected chi connectivity index (χ4v) is 4.84. The van der Waals surface area contributed by atoms with Crippen LogP contribution < -0.4 is 5.73 Å². The van der Waals surface area contributed by atoms with Crippen molar-refractivity contribution in [2.24, 2.45) is 34.8 Å². The van der Waals surface area contributed by atoms with Crippen LogP contribution in [0.1, 0.15) is 18.9 Å². The highest BCUT2D eigenvalue weighted by Crippen LogP contribution is 2.69. The second kappa shape index (κ2) is 6.98. The Morgan fingerprint density at radius 2 is 2.23 bits per heavy atom. The molecule has 1 aromatic carbocycles. The van der Waals surface area contributed by atoms with Gasteiger partial charge in [0.15, 0.2) is 5.78 Å². The van der Waals surface area contributed by atoms with E-state index in [1.165, 1.54) is 12.1 Å². The SMILES string of the molecule is CCOC(=O)[C@H]1[C@@H]2C[C@@H](Cc3ccc(F)c(Cl)c3)[C@@](C#N)(C(=O)CN)[C@@H]21. The van der Waals surface area contributed by atoms with Crippen LogP contribution in [0, 0.1) is 46.2 Å². The minimum Gasteiger partial charge on any atom is -0.466 e. The number of rotatable bonds is 6. The Balaban J connectivity index is 1.89. The lowest BCUT2D eigenvalue weighted by atomic mass is 9.68. The van der Waals surface area contributed by atoms with Crippen LogP contribution in [0.2, 0.25) is 5.02 Å². The molecule has 0 amide bonds. The first-order chi connectivity index (χ1) is 12.4. The van der Waals surface area contributed by atoms with Crippen LogP contribution in [0.5, 0.6) is 0 Å². The Labute approximate surface area is 156 Å². The molecule has 0 spiro atoms. The van der Waals surface area contributed by atoms with Crippen LogP contribution in [0.3, 0.4) is 0 Å². The number of carbonyl (C=O) groups excluding carboxylic acids is 2. The second-order valence-electron chi connectivity index (χ2n) is 6.96. The second-order valence-corrected chi connectivity index (χ2v) is 7.37. The van der Waals surface area contributed by atoms with Gasteiger partial charge in [-0.2, -0.15) is 5.26 Å². The Morgan fingerprint density at radius 1 is 1.50 bits per heavy atom. The van der Waals surface area contributed by atoms with Crippen molar-refractivity contribution in [3.05, 3.63) is 34.6 Å². The van der Waals surface area contributed by atoms with Gasteiger partial charge < -0.3 is 10.5 Å². The molecular formula is C19H20ClFN2O3. The van der Waals surface area contributed by atoms with Crippen molar-refractivity contribution in [2.75, 3.05) is 13.2 Å². The number of Topliss-reactive ketones (excluding diaryl/α,β-unsaturated/α-hetero) is 1. The molecule has 2 aliphatic rings. The lowest BCUT2D eigenvalue weighted by molar-refractivity contribution is -0.146. The molecule has 2 fully saturated rings. The van der Waals surface area contributed by atoms with Crippen molar-refractivity contribution >= 4 is 23.4 Å². The highest BCUT2D eigenvalue weighted by atomic mass is 35.5. The Kier molecular flexibility index (Phi) is 5.05. The maximum absolute atomic E-state index is 13.4. The summed E-state index contributed by atoms with van der Waals surface area (Å²) in [5.74, 6) is -2.33. The van der Waals surface area contributed by atoms with E-state index in [1.807, 2.05) is 0 Å². The molecule has 3 rings (SSSR count). The highest BCUT2D eigenvalue weighted by molar-refractivity contribution is 6.30. The zero-order valence-electron chi connectivity index (χ0n) is 14.4. The summed E-state index contributed by atoms with van der Waals surface area (Å²) in [7, 11) is 0. The first kappa shape index (κ1) is 18.8. The number of nitriles is 1. The predicted molar refractivity (Wildman–Crippen MR) is 92.4 cm³/mol. The van der Waals surface area contributed by atoms with Gasteiger partial charge in [-0.05, 0) is 49.3 Å². The van der Waals surface area contributed by atoms with E-state index in [4.69, 9.17) is 22.1 Å². The summed E-state index contributed by atoms with van der Waals surface area (Å²) in [4.78, 5) is 24.8. The lowest BCUT2D eigenvalue weighted by Gasteiger charge is -2.31. The fraction of sp³-hybridized carbons (Fsp3) is 0.526. The third-order valence-electron chi connectivity index (χ3n) is 5.75. The van der Waals surface area contributed by atoms with E-state index in [1.54, 1.807) is 13.0 Å². The van der Waals surface area contributed by atoms with Crippen molar-refractivity contribution in [1.29, 1.82) is 5.26 Å². The summed E-state index contributed by atoms with van der Waals surface area (Å²) in [5, 5.41) is 9.93.